The Morgan fingerprint density at radius 1 is 1.11 bits per heavy atom. The second kappa shape index (κ2) is 7.83. The van der Waals surface area contributed by atoms with Crippen molar-refractivity contribution in [3.05, 3.63) is 48.0 Å². The van der Waals surface area contributed by atoms with Crippen molar-refractivity contribution < 1.29 is 27.1 Å². The van der Waals surface area contributed by atoms with Crippen LogP contribution in [-0.2, 0) is 9.53 Å². The third-order valence-electron chi connectivity index (χ3n) is 4.62. The third-order valence-corrected chi connectivity index (χ3v) is 4.62. The van der Waals surface area contributed by atoms with Crippen molar-refractivity contribution in [2.45, 2.75) is 38.5 Å². The van der Waals surface area contributed by atoms with Crippen molar-refractivity contribution in [1.82, 2.24) is 5.32 Å². The Balaban J connectivity index is 2.01. The van der Waals surface area contributed by atoms with Crippen molar-refractivity contribution in [1.29, 1.82) is 0 Å². The number of carbonyl (C=O) groups excluding carboxylic acids is 1. The Kier molecular flexibility index (Phi) is 5.65. The highest BCUT2D eigenvalue weighted by Crippen LogP contribution is 2.37. The van der Waals surface area contributed by atoms with Crippen LogP contribution < -0.4 is 5.32 Å². The van der Waals surface area contributed by atoms with E-state index in [0.29, 0.717) is 11.2 Å². The number of alkyl halides is 3. The minimum Gasteiger partial charge on any atom is -0.468 e. The molecule has 3 rings (SSSR count). The molecule has 150 valence electrons. The predicted octanol–water partition coefficient (Wildman–Crippen LogP) is 5.37. The zero-order chi connectivity index (χ0) is 20.5. The van der Waals surface area contributed by atoms with Gasteiger partial charge < -0.3 is 9.15 Å². The number of methoxy groups -OCH3 is 1. The molecule has 3 aromatic rings. The van der Waals surface area contributed by atoms with E-state index in [4.69, 9.17) is 4.42 Å². The summed E-state index contributed by atoms with van der Waals surface area (Å²) >= 11 is 0. The van der Waals surface area contributed by atoms with Gasteiger partial charge in [-0.3, -0.25) is 10.1 Å². The first kappa shape index (κ1) is 20.2. The lowest BCUT2D eigenvalue weighted by Crippen LogP contribution is -2.45. The van der Waals surface area contributed by atoms with E-state index in [2.05, 4.69) is 10.1 Å². The van der Waals surface area contributed by atoms with Gasteiger partial charge in [-0.05, 0) is 30.0 Å². The highest BCUT2D eigenvalue weighted by Gasteiger charge is 2.43. The molecule has 0 amide bonds. The molecule has 0 fully saturated rings. The lowest BCUT2D eigenvalue weighted by atomic mass is 9.99. The van der Waals surface area contributed by atoms with Gasteiger partial charge >= 0.3 is 12.1 Å². The van der Waals surface area contributed by atoms with Crippen molar-refractivity contribution in [3.8, 4) is 0 Å². The number of furan rings is 1. The second-order valence-corrected chi connectivity index (χ2v) is 7.20. The van der Waals surface area contributed by atoms with E-state index >= 15 is 0 Å². The molecule has 1 unspecified atom stereocenters. The van der Waals surface area contributed by atoms with Gasteiger partial charge in [-0.25, -0.2) is 0 Å². The van der Waals surface area contributed by atoms with Crippen molar-refractivity contribution in [2.75, 3.05) is 7.11 Å². The Hall–Kier alpha value is -2.54. The number of rotatable bonds is 6. The summed E-state index contributed by atoms with van der Waals surface area (Å²) in [6.07, 6.45) is -4.37. The molecule has 2 atom stereocenters. The summed E-state index contributed by atoms with van der Waals surface area (Å²) in [7, 11) is 1.17. The zero-order valence-electron chi connectivity index (χ0n) is 15.8. The average Bonchev–Trinajstić information content (AvgIpc) is 3.00. The fourth-order valence-electron chi connectivity index (χ4n) is 3.35. The monoisotopic (exact) mass is 393 g/mol. The predicted molar refractivity (Wildman–Crippen MR) is 101 cm³/mol. The molecule has 7 heteroatoms. The summed E-state index contributed by atoms with van der Waals surface area (Å²) in [5, 5.41) is 4.03. The van der Waals surface area contributed by atoms with E-state index in [1.807, 2.05) is 26.0 Å². The summed E-state index contributed by atoms with van der Waals surface area (Å²) in [6, 6.07) is 8.60. The molecule has 0 aliphatic heterocycles. The number of benzene rings is 2. The van der Waals surface area contributed by atoms with Gasteiger partial charge in [0.15, 0.2) is 0 Å². The maximum Gasteiger partial charge on any atom is 0.407 e. The van der Waals surface area contributed by atoms with E-state index < -0.39 is 24.2 Å². The van der Waals surface area contributed by atoms with Crippen LogP contribution in [0.4, 0.5) is 13.2 Å². The number of nitrogens with one attached hydrogen (secondary N) is 1. The van der Waals surface area contributed by atoms with Crippen LogP contribution in [0.3, 0.4) is 0 Å². The number of para-hydroxylation sites is 1. The number of esters is 1. The summed E-state index contributed by atoms with van der Waals surface area (Å²) in [6.45, 7) is 3.67. The fourth-order valence-corrected chi connectivity index (χ4v) is 3.35. The first-order valence-corrected chi connectivity index (χ1v) is 9.02. The van der Waals surface area contributed by atoms with Gasteiger partial charge in [-0.15, -0.1) is 0 Å². The molecule has 4 nitrogen and oxygen atoms in total. The summed E-state index contributed by atoms with van der Waals surface area (Å²) < 4.78 is 51.9. The maximum absolute atomic E-state index is 13.8. The second-order valence-electron chi connectivity index (χ2n) is 7.20. The smallest absolute Gasteiger partial charge is 0.407 e. The van der Waals surface area contributed by atoms with Gasteiger partial charge in [0.25, 0.3) is 0 Å². The molecule has 0 aliphatic carbocycles. The lowest BCUT2D eigenvalue weighted by Gasteiger charge is -2.27. The summed E-state index contributed by atoms with van der Waals surface area (Å²) in [5.41, 5.74) is 0.961. The molecule has 1 heterocycles. The molecule has 0 radical (unpaired) electrons. The molecule has 1 aromatic heterocycles. The Morgan fingerprint density at radius 3 is 2.43 bits per heavy atom. The number of hydrogen-bond acceptors (Lipinski definition) is 4. The van der Waals surface area contributed by atoms with Crippen LogP contribution in [0.5, 0.6) is 0 Å². The van der Waals surface area contributed by atoms with Crippen LogP contribution in [-0.4, -0.2) is 25.3 Å². The van der Waals surface area contributed by atoms with Gasteiger partial charge in [-0.2, -0.15) is 13.2 Å². The van der Waals surface area contributed by atoms with E-state index in [-0.39, 0.29) is 17.9 Å². The Bertz CT molecular complexity index is 978. The highest BCUT2D eigenvalue weighted by molar-refractivity contribution is 6.04. The van der Waals surface area contributed by atoms with Crippen LogP contribution in [0.15, 0.2) is 46.9 Å². The standard InChI is InChI=1S/C21H22F3NO3/c1-12(2)10-16(20(26)27-3)25-19(21(22,23)24)13-8-9-15-14-6-4-5-7-17(14)28-18(15)11-13/h4-9,11-12,16,19,25H,10H2,1-3H3/t16-,19?/m0/s1. The summed E-state index contributed by atoms with van der Waals surface area (Å²) in [5.74, 6) is -0.698. The number of hydrogen-bond donors (Lipinski definition) is 1. The van der Waals surface area contributed by atoms with Crippen LogP contribution in [0.2, 0.25) is 0 Å². The molecule has 0 saturated heterocycles. The maximum atomic E-state index is 13.8. The van der Waals surface area contributed by atoms with E-state index in [1.54, 1.807) is 18.2 Å². The normalized spacial score (nSPS) is 14.5. The zero-order valence-corrected chi connectivity index (χ0v) is 15.8. The SMILES string of the molecule is COC(=O)[C@H](CC(C)C)NC(c1ccc2c(c1)oc1ccccc12)C(F)(F)F. The molecule has 0 saturated carbocycles. The Morgan fingerprint density at radius 2 is 1.79 bits per heavy atom. The molecule has 1 N–H and O–H groups in total. The molecule has 0 bridgehead atoms. The van der Waals surface area contributed by atoms with Crippen molar-refractivity contribution >= 4 is 27.9 Å². The van der Waals surface area contributed by atoms with E-state index in [1.165, 1.54) is 19.2 Å². The third kappa shape index (κ3) is 4.14. The van der Waals surface area contributed by atoms with Crippen molar-refractivity contribution in [2.24, 2.45) is 5.92 Å². The first-order valence-electron chi connectivity index (χ1n) is 9.02. The Labute approximate surface area is 160 Å². The lowest BCUT2D eigenvalue weighted by molar-refractivity contribution is -0.164. The first-order chi connectivity index (χ1) is 13.2. The van der Waals surface area contributed by atoms with Crippen LogP contribution in [0.25, 0.3) is 21.9 Å². The number of carbonyl (C=O) groups is 1. The van der Waals surface area contributed by atoms with Gasteiger partial charge in [0.05, 0.1) is 7.11 Å². The van der Waals surface area contributed by atoms with Gasteiger partial charge in [0.2, 0.25) is 0 Å². The molecule has 0 aliphatic rings. The minimum absolute atomic E-state index is 0.0169. The molecular weight excluding hydrogens is 371 g/mol. The number of fused-ring (bicyclic) bond motifs is 3. The largest absolute Gasteiger partial charge is 0.468 e. The topological polar surface area (TPSA) is 51.5 Å². The van der Waals surface area contributed by atoms with E-state index in [9.17, 15) is 18.0 Å². The summed E-state index contributed by atoms with van der Waals surface area (Å²) in [4.78, 5) is 12.0. The molecule has 28 heavy (non-hydrogen) atoms. The van der Waals surface area contributed by atoms with E-state index in [0.717, 1.165) is 10.8 Å². The quantitative estimate of drug-likeness (QED) is 0.573. The van der Waals surface area contributed by atoms with Crippen molar-refractivity contribution in [3.63, 3.8) is 0 Å². The highest BCUT2D eigenvalue weighted by atomic mass is 19.4. The number of halogens is 3. The van der Waals surface area contributed by atoms with Gasteiger partial charge in [-0.1, -0.05) is 44.2 Å². The fraction of sp³-hybridized carbons (Fsp3) is 0.381. The molecule has 0 spiro atoms. The van der Waals surface area contributed by atoms with Gasteiger partial charge in [0, 0.05) is 10.8 Å². The number of ether oxygens (including phenoxy) is 1. The van der Waals surface area contributed by atoms with Crippen LogP contribution in [0.1, 0.15) is 31.9 Å². The molecular formula is C21H22F3NO3. The van der Waals surface area contributed by atoms with Crippen LogP contribution >= 0.6 is 0 Å². The molecule has 2 aromatic carbocycles. The minimum atomic E-state index is -4.59. The van der Waals surface area contributed by atoms with Gasteiger partial charge in [0.1, 0.15) is 23.2 Å². The average molecular weight is 393 g/mol. The van der Waals surface area contributed by atoms with Crippen LogP contribution in [0, 0.1) is 5.92 Å².